The first kappa shape index (κ1) is 17.7. The SMILES string of the molecule is O=C(NCCc1ccc(F)cc1)NCc1ccc(Cn2ccnc2)cc1. The van der Waals surface area contributed by atoms with E-state index in [-0.39, 0.29) is 11.8 Å². The highest BCUT2D eigenvalue weighted by Gasteiger charge is 2.02. The molecule has 0 radical (unpaired) electrons. The van der Waals surface area contributed by atoms with Gasteiger partial charge in [-0.15, -0.1) is 0 Å². The van der Waals surface area contributed by atoms with Crippen molar-refractivity contribution in [2.75, 3.05) is 6.54 Å². The van der Waals surface area contributed by atoms with Crippen LogP contribution >= 0.6 is 0 Å². The van der Waals surface area contributed by atoms with Crippen molar-refractivity contribution in [3.63, 3.8) is 0 Å². The van der Waals surface area contributed by atoms with Crippen LogP contribution in [0, 0.1) is 5.82 Å². The number of urea groups is 1. The Balaban J connectivity index is 1.37. The van der Waals surface area contributed by atoms with Crippen molar-refractivity contribution >= 4 is 6.03 Å². The number of hydrogen-bond acceptors (Lipinski definition) is 2. The number of benzene rings is 2. The highest BCUT2D eigenvalue weighted by Crippen LogP contribution is 2.06. The molecule has 2 N–H and O–H groups in total. The van der Waals surface area contributed by atoms with Crippen molar-refractivity contribution in [2.24, 2.45) is 0 Å². The van der Waals surface area contributed by atoms with Crippen molar-refractivity contribution in [2.45, 2.75) is 19.5 Å². The summed E-state index contributed by atoms with van der Waals surface area (Å²) in [6, 6.07) is 14.2. The number of imidazole rings is 1. The van der Waals surface area contributed by atoms with E-state index < -0.39 is 0 Å². The molecule has 0 unspecified atom stereocenters. The molecule has 0 fully saturated rings. The molecule has 0 bridgehead atoms. The second kappa shape index (κ2) is 8.80. The Morgan fingerprint density at radius 1 is 0.962 bits per heavy atom. The van der Waals surface area contributed by atoms with E-state index in [1.54, 1.807) is 24.7 Å². The fraction of sp³-hybridized carbons (Fsp3) is 0.200. The number of hydrogen-bond donors (Lipinski definition) is 2. The number of halogens is 1. The minimum Gasteiger partial charge on any atom is -0.338 e. The third kappa shape index (κ3) is 5.44. The zero-order valence-electron chi connectivity index (χ0n) is 14.4. The van der Waals surface area contributed by atoms with Crippen molar-refractivity contribution in [3.05, 3.63) is 89.8 Å². The molecular formula is C20H21FN4O. The molecule has 0 aliphatic rings. The van der Waals surface area contributed by atoms with E-state index in [2.05, 4.69) is 15.6 Å². The van der Waals surface area contributed by atoms with Crippen LogP contribution in [-0.4, -0.2) is 22.1 Å². The first-order valence-corrected chi connectivity index (χ1v) is 8.49. The van der Waals surface area contributed by atoms with Crippen LogP contribution in [0.4, 0.5) is 9.18 Å². The van der Waals surface area contributed by atoms with Crippen LogP contribution in [0.25, 0.3) is 0 Å². The number of rotatable bonds is 7. The van der Waals surface area contributed by atoms with E-state index in [1.165, 1.54) is 17.7 Å². The molecule has 5 nitrogen and oxygen atoms in total. The van der Waals surface area contributed by atoms with Gasteiger partial charge in [0.2, 0.25) is 0 Å². The van der Waals surface area contributed by atoms with Gasteiger partial charge in [-0.3, -0.25) is 0 Å². The van der Waals surface area contributed by atoms with Crippen molar-refractivity contribution in [1.29, 1.82) is 0 Å². The summed E-state index contributed by atoms with van der Waals surface area (Å²) in [6.07, 6.45) is 6.13. The zero-order valence-corrected chi connectivity index (χ0v) is 14.4. The minimum atomic E-state index is -0.254. The van der Waals surface area contributed by atoms with Gasteiger partial charge in [0, 0.05) is 32.0 Å². The third-order valence-electron chi connectivity index (χ3n) is 4.01. The van der Waals surface area contributed by atoms with Gasteiger partial charge in [0.1, 0.15) is 5.82 Å². The maximum absolute atomic E-state index is 12.8. The van der Waals surface area contributed by atoms with Crippen molar-refractivity contribution < 1.29 is 9.18 Å². The topological polar surface area (TPSA) is 59.0 Å². The standard InChI is InChI=1S/C20H21FN4O/c21-19-7-5-16(6-8-19)9-10-23-20(26)24-13-17-1-3-18(4-2-17)14-25-12-11-22-15-25/h1-8,11-12,15H,9-10,13-14H2,(H2,23,24,26). The van der Waals surface area contributed by atoms with Crippen LogP contribution in [0.15, 0.2) is 67.3 Å². The van der Waals surface area contributed by atoms with Crippen LogP contribution < -0.4 is 10.6 Å². The predicted octanol–water partition coefficient (Wildman–Crippen LogP) is 3.11. The number of carbonyl (C=O) groups excluding carboxylic acids is 1. The Hall–Kier alpha value is -3.15. The van der Waals surface area contributed by atoms with E-state index in [4.69, 9.17) is 0 Å². The van der Waals surface area contributed by atoms with Gasteiger partial charge in [0.25, 0.3) is 0 Å². The first-order chi connectivity index (χ1) is 12.7. The van der Waals surface area contributed by atoms with Crippen LogP contribution in [0.1, 0.15) is 16.7 Å². The summed E-state index contributed by atoms with van der Waals surface area (Å²) in [5.74, 6) is -0.254. The molecule has 1 heterocycles. The lowest BCUT2D eigenvalue weighted by Crippen LogP contribution is -2.36. The molecule has 2 amide bonds. The number of amides is 2. The molecule has 134 valence electrons. The Morgan fingerprint density at radius 2 is 1.65 bits per heavy atom. The first-order valence-electron chi connectivity index (χ1n) is 8.49. The van der Waals surface area contributed by atoms with Gasteiger partial charge in [0.15, 0.2) is 0 Å². The molecule has 6 heteroatoms. The fourth-order valence-electron chi connectivity index (χ4n) is 2.57. The van der Waals surface area contributed by atoms with E-state index >= 15 is 0 Å². The molecule has 0 aliphatic heterocycles. The quantitative estimate of drug-likeness (QED) is 0.686. The summed E-state index contributed by atoms with van der Waals surface area (Å²) < 4.78 is 14.8. The average Bonchev–Trinajstić information content (AvgIpc) is 3.16. The molecule has 3 rings (SSSR count). The maximum Gasteiger partial charge on any atom is 0.315 e. The molecule has 0 aliphatic carbocycles. The Labute approximate surface area is 151 Å². The van der Waals surface area contributed by atoms with Gasteiger partial charge >= 0.3 is 6.03 Å². The van der Waals surface area contributed by atoms with Crippen LogP contribution in [0.2, 0.25) is 0 Å². The molecule has 2 aromatic carbocycles. The summed E-state index contributed by atoms with van der Waals surface area (Å²) in [5, 5.41) is 5.64. The number of carbonyl (C=O) groups is 1. The Kier molecular flexibility index (Phi) is 5.98. The predicted molar refractivity (Wildman–Crippen MR) is 98.1 cm³/mol. The lowest BCUT2D eigenvalue weighted by molar-refractivity contribution is 0.240. The number of nitrogens with zero attached hydrogens (tertiary/aromatic N) is 2. The van der Waals surface area contributed by atoms with E-state index in [1.807, 2.05) is 35.0 Å². The van der Waals surface area contributed by atoms with Crippen LogP contribution in [0.3, 0.4) is 0 Å². The largest absolute Gasteiger partial charge is 0.338 e. The van der Waals surface area contributed by atoms with Crippen LogP contribution in [0.5, 0.6) is 0 Å². The summed E-state index contributed by atoms with van der Waals surface area (Å²) in [5.41, 5.74) is 3.20. The summed E-state index contributed by atoms with van der Waals surface area (Å²) in [4.78, 5) is 15.9. The average molecular weight is 352 g/mol. The lowest BCUT2D eigenvalue weighted by atomic mass is 10.1. The summed E-state index contributed by atoms with van der Waals surface area (Å²) in [6.45, 7) is 1.74. The van der Waals surface area contributed by atoms with Crippen LogP contribution in [-0.2, 0) is 19.5 Å². The highest BCUT2D eigenvalue weighted by atomic mass is 19.1. The normalized spacial score (nSPS) is 10.5. The van der Waals surface area contributed by atoms with E-state index in [0.29, 0.717) is 19.5 Å². The summed E-state index contributed by atoms with van der Waals surface area (Å²) in [7, 11) is 0. The van der Waals surface area contributed by atoms with Crippen molar-refractivity contribution in [3.8, 4) is 0 Å². The van der Waals surface area contributed by atoms with Gasteiger partial charge in [0.05, 0.1) is 6.33 Å². The maximum atomic E-state index is 12.8. The molecule has 1 aromatic heterocycles. The zero-order chi connectivity index (χ0) is 18.2. The fourth-order valence-corrected chi connectivity index (χ4v) is 2.57. The smallest absolute Gasteiger partial charge is 0.315 e. The molecule has 0 saturated carbocycles. The Morgan fingerprint density at radius 3 is 2.35 bits per heavy atom. The third-order valence-corrected chi connectivity index (χ3v) is 4.01. The van der Waals surface area contributed by atoms with E-state index in [9.17, 15) is 9.18 Å². The molecule has 0 atom stereocenters. The van der Waals surface area contributed by atoms with Gasteiger partial charge in [-0.2, -0.15) is 0 Å². The van der Waals surface area contributed by atoms with Gasteiger partial charge in [-0.05, 0) is 35.2 Å². The van der Waals surface area contributed by atoms with Crippen molar-refractivity contribution in [1.82, 2.24) is 20.2 Å². The van der Waals surface area contributed by atoms with Gasteiger partial charge in [-0.25, -0.2) is 14.2 Å². The summed E-state index contributed by atoms with van der Waals surface area (Å²) >= 11 is 0. The minimum absolute atomic E-state index is 0.213. The second-order valence-electron chi connectivity index (χ2n) is 6.04. The number of aromatic nitrogens is 2. The molecule has 0 saturated heterocycles. The second-order valence-corrected chi connectivity index (χ2v) is 6.04. The lowest BCUT2D eigenvalue weighted by Gasteiger charge is -2.09. The highest BCUT2D eigenvalue weighted by molar-refractivity contribution is 5.73. The van der Waals surface area contributed by atoms with Gasteiger partial charge < -0.3 is 15.2 Å². The molecule has 26 heavy (non-hydrogen) atoms. The molecule has 3 aromatic rings. The van der Waals surface area contributed by atoms with E-state index in [0.717, 1.165) is 17.7 Å². The monoisotopic (exact) mass is 352 g/mol. The molecule has 0 spiro atoms. The molecular weight excluding hydrogens is 331 g/mol. The Bertz CT molecular complexity index is 814. The van der Waals surface area contributed by atoms with Gasteiger partial charge in [-0.1, -0.05) is 36.4 Å². The number of nitrogens with one attached hydrogen (secondary N) is 2.